The molecule has 0 atom stereocenters. The summed E-state index contributed by atoms with van der Waals surface area (Å²) in [5.74, 6) is 0.627. The number of aromatic nitrogens is 3. The summed E-state index contributed by atoms with van der Waals surface area (Å²) in [4.78, 5) is 22.3. The Labute approximate surface area is 116 Å². The largest absolute Gasteiger partial charge is 0.369 e. The molecule has 2 heterocycles. The highest BCUT2D eigenvalue weighted by atomic mass is 127. The number of halogens is 1. The zero-order valence-electron chi connectivity index (χ0n) is 9.16. The second kappa shape index (κ2) is 5.58. The van der Waals surface area contributed by atoms with E-state index in [1.807, 2.05) is 34.9 Å². The molecule has 0 amide bonds. The van der Waals surface area contributed by atoms with E-state index in [0.29, 0.717) is 9.39 Å². The standard InChI is InChI=1S/C10H11IN4OS/c1-6-4-17-7(15-6)2-3-12-9-8(11)10(16)14-5-13-9/h4-5H,2-3H2,1H3,(H2,12,13,14,16). The van der Waals surface area contributed by atoms with Crippen molar-refractivity contribution in [2.75, 3.05) is 11.9 Å². The van der Waals surface area contributed by atoms with Gasteiger partial charge in [-0.1, -0.05) is 0 Å². The molecule has 0 fully saturated rings. The van der Waals surface area contributed by atoms with Gasteiger partial charge in [-0.2, -0.15) is 0 Å². The van der Waals surface area contributed by atoms with Crippen LogP contribution in [-0.2, 0) is 6.42 Å². The summed E-state index contributed by atoms with van der Waals surface area (Å²) in [6.07, 6.45) is 2.24. The maximum absolute atomic E-state index is 11.3. The maximum Gasteiger partial charge on any atom is 0.266 e. The smallest absolute Gasteiger partial charge is 0.266 e. The van der Waals surface area contributed by atoms with Crippen molar-refractivity contribution >= 4 is 39.7 Å². The molecule has 0 aliphatic heterocycles. The van der Waals surface area contributed by atoms with Crippen LogP contribution in [0.4, 0.5) is 5.82 Å². The highest BCUT2D eigenvalue weighted by molar-refractivity contribution is 14.1. The van der Waals surface area contributed by atoms with Gasteiger partial charge >= 0.3 is 0 Å². The number of hydrogen-bond acceptors (Lipinski definition) is 5. The second-order valence-corrected chi connectivity index (χ2v) is 5.48. The summed E-state index contributed by atoms with van der Waals surface area (Å²) < 4.78 is 0.584. The van der Waals surface area contributed by atoms with Crippen molar-refractivity contribution in [2.45, 2.75) is 13.3 Å². The van der Waals surface area contributed by atoms with Crippen LogP contribution < -0.4 is 10.9 Å². The van der Waals surface area contributed by atoms with Gasteiger partial charge in [-0.3, -0.25) is 4.79 Å². The van der Waals surface area contributed by atoms with Gasteiger partial charge in [0.15, 0.2) is 0 Å². The van der Waals surface area contributed by atoms with E-state index in [-0.39, 0.29) is 5.56 Å². The van der Waals surface area contributed by atoms with Crippen molar-refractivity contribution in [3.05, 3.63) is 36.3 Å². The van der Waals surface area contributed by atoms with Crippen LogP contribution in [0.5, 0.6) is 0 Å². The molecule has 2 aromatic rings. The number of thiazole rings is 1. The van der Waals surface area contributed by atoms with Gasteiger partial charge in [-0.05, 0) is 29.5 Å². The fraction of sp³-hybridized carbons (Fsp3) is 0.300. The van der Waals surface area contributed by atoms with Crippen molar-refractivity contribution in [1.29, 1.82) is 0 Å². The molecule has 0 bridgehead atoms. The first-order valence-corrected chi connectivity index (χ1v) is 7.00. The topological polar surface area (TPSA) is 70.7 Å². The molecule has 0 saturated heterocycles. The minimum atomic E-state index is -0.117. The molecule has 0 saturated carbocycles. The number of rotatable bonds is 4. The van der Waals surface area contributed by atoms with E-state index < -0.39 is 0 Å². The minimum Gasteiger partial charge on any atom is -0.369 e. The Bertz CT molecular complexity index is 565. The van der Waals surface area contributed by atoms with Crippen LogP contribution in [-0.4, -0.2) is 21.5 Å². The highest BCUT2D eigenvalue weighted by Gasteiger charge is 2.04. The Hall–Kier alpha value is -0.960. The van der Waals surface area contributed by atoms with Gasteiger partial charge in [0.2, 0.25) is 0 Å². The van der Waals surface area contributed by atoms with E-state index in [9.17, 15) is 4.79 Å². The lowest BCUT2D eigenvalue weighted by Crippen LogP contribution is -2.16. The SMILES string of the molecule is Cc1csc(CCNc2nc[nH]c(=O)c2I)n1. The van der Waals surface area contributed by atoms with Crippen molar-refractivity contribution < 1.29 is 0 Å². The summed E-state index contributed by atoms with van der Waals surface area (Å²) in [5, 5.41) is 6.26. The van der Waals surface area contributed by atoms with Crippen LogP contribution in [0.25, 0.3) is 0 Å². The lowest BCUT2D eigenvalue weighted by Gasteiger charge is -2.04. The van der Waals surface area contributed by atoms with Crippen LogP contribution in [0, 0.1) is 10.5 Å². The normalized spacial score (nSPS) is 10.5. The molecule has 5 nitrogen and oxygen atoms in total. The van der Waals surface area contributed by atoms with E-state index in [4.69, 9.17) is 0 Å². The number of aromatic amines is 1. The molecule has 0 aliphatic rings. The zero-order valence-corrected chi connectivity index (χ0v) is 12.1. The number of nitrogens with zero attached hydrogens (tertiary/aromatic N) is 2. The minimum absolute atomic E-state index is 0.117. The zero-order chi connectivity index (χ0) is 12.3. The van der Waals surface area contributed by atoms with Gasteiger partial charge in [0.25, 0.3) is 5.56 Å². The van der Waals surface area contributed by atoms with Gasteiger partial charge in [-0.25, -0.2) is 9.97 Å². The van der Waals surface area contributed by atoms with Crippen LogP contribution in [0.3, 0.4) is 0 Å². The summed E-state index contributed by atoms with van der Waals surface area (Å²) in [7, 11) is 0. The molecule has 2 rings (SSSR count). The van der Waals surface area contributed by atoms with Crippen LogP contribution in [0.1, 0.15) is 10.7 Å². The summed E-state index contributed by atoms with van der Waals surface area (Å²) >= 11 is 3.63. The van der Waals surface area contributed by atoms with Crippen molar-refractivity contribution in [2.24, 2.45) is 0 Å². The molecular formula is C10H11IN4OS. The first-order valence-electron chi connectivity index (χ1n) is 5.05. The molecule has 0 unspecified atom stereocenters. The monoisotopic (exact) mass is 362 g/mol. The molecule has 0 aliphatic carbocycles. The van der Waals surface area contributed by atoms with Crippen LogP contribution in [0.15, 0.2) is 16.5 Å². The van der Waals surface area contributed by atoms with E-state index in [1.54, 1.807) is 11.3 Å². The van der Waals surface area contributed by atoms with Crippen molar-refractivity contribution in [3.8, 4) is 0 Å². The molecule has 2 N–H and O–H groups in total. The predicted molar refractivity (Wildman–Crippen MR) is 76.6 cm³/mol. The van der Waals surface area contributed by atoms with Gasteiger partial charge in [0.1, 0.15) is 9.39 Å². The lowest BCUT2D eigenvalue weighted by molar-refractivity contribution is 0.966. The fourth-order valence-electron chi connectivity index (χ4n) is 1.31. The number of hydrogen-bond donors (Lipinski definition) is 2. The number of nitrogens with one attached hydrogen (secondary N) is 2. The Morgan fingerprint density at radius 3 is 3.12 bits per heavy atom. The Morgan fingerprint density at radius 2 is 2.41 bits per heavy atom. The summed E-state index contributed by atoms with van der Waals surface area (Å²) in [5.41, 5.74) is 0.932. The van der Waals surface area contributed by atoms with Crippen LogP contribution in [0.2, 0.25) is 0 Å². The molecule has 2 aromatic heterocycles. The Morgan fingerprint density at radius 1 is 1.59 bits per heavy atom. The van der Waals surface area contributed by atoms with Crippen molar-refractivity contribution in [3.63, 3.8) is 0 Å². The molecule has 0 radical (unpaired) electrons. The predicted octanol–water partition coefficient (Wildman–Crippen LogP) is 1.79. The van der Waals surface area contributed by atoms with E-state index in [0.717, 1.165) is 23.7 Å². The molecule has 17 heavy (non-hydrogen) atoms. The fourth-order valence-corrected chi connectivity index (χ4v) is 2.57. The van der Waals surface area contributed by atoms with Crippen LogP contribution >= 0.6 is 33.9 Å². The highest BCUT2D eigenvalue weighted by Crippen LogP contribution is 2.11. The third-order valence-electron chi connectivity index (χ3n) is 2.09. The van der Waals surface area contributed by atoms with Gasteiger partial charge < -0.3 is 10.3 Å². The molecule has 0 spiro atoms. The summed E-state index contributed by atoms with van der Waals surface area (Å²) in [6, 6.07) is 0. The van der Waals surface area contributed by atoms with Gasteiger partial charge in [-0.15, -0.1) is 11.3 Å². The quantitative estimate of drug-likeness (QED) is 0.814. The van der Waals surface area contributed by atoms with E-state index >= 15 is 0 Å². The third kappa shape index (κ3) is 3.25. The van der Waals surface area contributed by atoms with Gasteiger partial charge in [0.05, 0.1) is 11.3 Å². The first-order chi connectivity index (χ1) is 8.16. The molecule has 90 valence electrons. The maximum atomic E-state index is 11.3. The number of aryl methyl sites for hydroxylation is 1. The molecule has 0 aromatic carbocycles. The molecular weight excluding hydrogens is 351 g/mol. The number of anilines is 1. The summed E-state index contributed by atoms with van der Waals surface area (Å²) in [6.45, 7) is 2.70. The Kier molecular flexibility index (Phi) is 4.11. The lowest BCUT2D eigenvalue weighted by atomic mass is 10.4. The number of H-pyrrole nitrogens is 1. The van der Waals surface area contributed by atoms with Gasteiger partial charge in [0, 0.05) is 24.0 Å². The van der Waals surface area contributed by atoms with E-state index in [2.05, 4.69) is 20.3 Å². The van der Waals surface area contributed by atoms with Crippen molar-refractivity contribution in [1.82, 2.24) is 15.0 Å². The molecule has 7 heteroatoms. The average Bonchev–Trinajstić information content (AvgIpc) is 2.70. The Balaban J connectivity index is 1.94. The average molecular weight is 362 g/mol. The van der Waals surface area contributed by atoms with E-state index in [1.165, 1.54) is 6.33 Å². The second-order valence-electron chi connectivity index (χ2n) is 3.45. The first kappa shape index (κ1) is 12.5. The third-order valence-corrected chi connectivity index (χ3v) is 4.12.